The largest absolute Gasteiger partial charge is 0.310 e. The molecule has 0 N–H and O–H groups in total. The zero-order valence-electron chi connectivity index (χ0n) is 7.57. The molecule has 0 bridgehead atoms. The molecule has 0 unspecified atom stereocenters. The molecule has 0 aliphatic heterocycles. The molecule has 1 rings (SSSR count). The summed E-state index contributed by atoms with van der Waals surface area (Å²) in [5, 5.41) is 0. The molecule has 1 saturated carbocycles. The summed E-state index contributed by atoms with van der Waals surface area (Å²) in [5.41, 5.74) is 0. The van der Waals surface area contributed by atoms with Crippen LogP contribution in [0.15, 0.2) is 0 Å². The molecule has 0 aromatic heterocycles. The molecule has 0 spiro atoms. The van der Waals surface area contributed by atoms with Crippen molar-refractivity contribution >= 4 is 0 Å². The third-order valence-electron chi connectivity index (χ3n) is 2.85. The van der Waals surface area contributed by atoms with Crippen molar-refractivity contribution in [1.29, 1.82) is 0 Å². The lowest BCUT2D eigenvalue weighted by Crippen LogP contribution is -2.37. The second kappa shape index (κ2) is 3.84. The first-order valence-electron chi connectivity index (χ1n) is 4.60. The summed E-state index contributed by atoms with van der Waals surface area (Å²) >= 11 is 0. The van der Waals surface area contributed by atoms with E-state index in [0.717, 1.165) is 0 Å². The Kier molecular flexibility index (Phi) is 3.19. The SMILES string of the molecule is CC1CCC(C(F)(F)C(F)F)CC1. The van der Waals surface area contributed by atoms with Crippen LogP contribution in [-0.4, -0.2) is 12.3 Å². The highest BCUT2D eigenvalue weighted by Gasteiger charge is 2.48. The van der Waals surface area contributed by atoms with Gasteiger partial charge < -0.3 is 0 Å². The summed E-state index contributed by atoms with van der Waals surface area (Å²) in [6.07, 6.45) is -1.75. The zero-order valence-corrected chi connectivity index (χ0v) is 7.57. The summed E-state index contributed by atoms with van der Waals surface area (Å²) < 4.78 is 49.5. The second-order valence-corrected chi connectivity index (χ2v) is 3.93. The van der Waals surface area contributed by atoms with E-state index in [1.807, 2.05) is 6.92 Å². The van der Waals surface area contributed by atoms with Gasteiger partial charge in [0.1, 0.15) is 0 Å². The Morgan fingerprint density at radius 3 is 1.92 bits per heavy atom. The monoisotopic (exact) mass is 198 g/mol. The summed E-state index contributed by atoms with van der Waals surface area (Å²) in [7, 11) is 0. The molecule has 0 saturated heterocycles. The maximum Gasteiger partial charge on any atom is 0.310 e. The molecule has 0 atom stereocenters. The zero-order chi connectivity index (χ0) is 10.1. The molecule has 1 aliphatic carbocycles. The van der Waals surface area contributed by atoms with Crippen molar-refractivity contribution in [3.8, 4) is 0 Å². The molecule has 0 aromatic carbocycles. The predicted molar refractivity (Wildman–Crippen MR) is 42.1 cm³/mol. The number of hydrogen-bond acceptors (Lipinski definition) is 0. The van der Waals surface area contributed by atoms with Crippen LogP contribution in [0.25, 0.3) is 0 Å². The Hall–Kier alpha value is -0.280. The fraction of sp³-hybridized carbons (Fsp3) is 1.00. The van der Waals surface area contributed by atoms with Crippen molar-refractivity contribution in [2.75, 3.05) is 0 Å². The van der Waals surface area contributed by atoms with Gasteiger partial charge in [-0.1, -0.05) is 19.8 Å². The Morgan fingerprint density at radius 2 is 1.54 bits per heavy atom. The van der Waals surface area contributed by atoms with Gasteiger partial charge in [0.2, 0.25) is 0 Å². The van der Waals surface area contributed by atoms with E-state index in [2.05, 4.69) is 0 Å². The van der Waals surface area contributed by atoms with Gasteiger partial charge in [0.15, 0.2) is 0 Å². The lowest BCUT2D eigenvalue weighted by Gasteiger charge is -2.31. The van der Waals surface area contributed by atoms with Gasteiger partial charge in [-0.25, -0.2) is 8.78 Å². The van der Waals surface area contributed by atoms with Crippen molar-refractivity contribution in [2.24, 2.45) is 11.8 Å². The van der Waals surface area contributed by atoms with Gasteiger partial charge in [0.05, 0.1) is 0 Å². The fourth-order valence-electron chi connectivity index (χ4n) is 1.82. The van der Waals surface area contributed by atoms with Crippen molar-refractivity contribution < 1.29 is 17.6 Å². The van der Waals surface area contributed by atoms with Gasteiger partial charge in [0.25, 0.3) is 0 Å². The number of hydrogen-bond donors (Lipinski definition) is 0. The van der Waals surface area contributed by atoms with Crippen LogP contribution in [0.2, 0.25) is 0 Å². The Bertz CT molecular complexity index is 159. The van der Waals surface area contributed by atoms with Crippen molar-refractivity contribution in [1.82, 2.24) is 0 Å². The van der Waals surface area contributed by atoms with Crippen LogP contribution < -0.4 is 0 Å². The summed E-state index contributed by atoms with van der Waals surface area (Å²) in [6, 6.07) is 0. The maximum atomic E-state index is 12.8. The molecular formula is C9H14F4. The number of halogens is 4. The first-order chi connectivity index (χ1) is 5.94. The fourth-order valence-corrected chi connectivity index (χ4v) is 1.82. The number of alkyl halides is 4. The molecule has 1 aliphatic rings. The van der Waals surface area contributed by atoms with Crippen LogP contribution in [0.5, 0.6) is 0 Å². The molecule has 0 nitrogen and oxygen atoms in total. The second-order valence-electron chi connectivity index (χ2n) is 3.93. The van der Waals surface area contributed by atoms with Crippen LogP contribution in [0.3, 0.4) is 0 Å². The molecule has 0 heterocycles. The molecule has 4 heteroatoms. The normalized spacial score (nSPS) is 30.9. The van der Waals surface area contributed by atoms with E-state index < -0.39 is 18.3 Å². The van der Waals surface area contributed by atoms with E-state index in [1.165, 1.54) is 0 Å². The molecule has 0 radical (unpaired) electrons. The molecular weight excluding hydrogens is 184 g/mol. The van der Waals surface area contributed by atoms with Crippen LogP contribution in [0, 0.1) is 11.8 Å². The van der Waals surface area contributed by atoms with E-state index in [-0.39, 0.29) is 12.8 Å². The highest BCUT2D eigenvalue weighted by Crippen LogP contribution is 2.41. The highest BCUT2D eigenvalue weighted by molar-refractivity contribution is 4.83. The number of rotatable bonds is 2. The van der Waals surface area contributed by atoms with Crippen LogP contribution in [0.1, 0.15) is 32.6 Å². The van der Waals surface area contributed by atoms with Crippen molar-refractivity contribution in [3.05, 3.63) is 0 Å². The predicted octanol–water partition coefficient (Wildman–Crippen LogP) is 3.71. The first kappa shape index (κ1) is 10.8. The van der Waals surface area contributed by atoms with Crippen LogP contribution in [-0.2, 0) is 0 Å². The van der Waals surface area contributed by atoms with Crippen LogP contribution in [0.4, 0.5) is 17.6 Å². The standard InChI is InChI=1S/C9H14F4/c1-6-2-4-7(5-3-6)9(12,13)8(10)11/h6-8H,2-5H2,1H3. The smallest absolute Gasteiger partial charge is 0.204 e. The van der Waals surface area contributed by atoms with E-state index in [9.17, 15) is 17.6 Å². The van der Waals surface area contributed by atoms with Gasteiger partial charge in [-0.05, 0) is 18.8 Å². The van der Waals surface area contributed by atoms with Gasteiger partial charge in [-0.3, -0.25) is 0 Å². The topological polar surface area (TPSA) is 0 Å². The third kappa shape index (κ3) is 2.35. The van der Waals surface area contributed by atoms with E-state index in [0.29, 0.717) is 18.8 Å². The Balaban J connectivity index is 2.52. The van der Waals surface area contributed by atoms with Crippen LogP contribution >= 0.6 is 0 Å². The minimum absolute atomic E-state index is 0.235. The molecule has 0 aromatic rings. The van der Waals surface area contributed by atoms with Gasteiger partial charge >= 0.3 is 12.3 Å². The van der Waals surface area contributed by atoms with Gasteiger partial charge in [-0.2, -0.15) is 8.78 Å². The summed E-state index contributed by atoms with van der Waals surface area (Å²) in [5.74, 6) is -4.48. The minimum atomic E-state index is -3.78. The molecule has 0 amide bonds. The van der Waals surface area contributed by atoms with E-state index in [1.54, 1.807) is 0 Å². The van der Waals surface area contributed by atoms with E-state index in [4.69, 9.17) is 0 Å². The van der Waals surface area contributed by atoms with Gasteiger partial charge in [0, 0.05) is 5.92 Å². The quantitative estimate of drug-likeness (QED) is 0.593. The first-order valence-corrected chi connectivity index (χ1v) is 4.60. The summed E-state index contributed by atoms with van der Waals surface area (Å²) in [6.45, 7) is 1.97. The lowest BCUT2D eigenvalue weighted by molar-refractivity contribution is -0.173. The maximum absolute atomic E-state index is 12.8. The molecule has 78 valence electrons. The Labute approximate surface area is 75.3 Å². The van der Waals surface area contributed by atoms with Crippen molar-refractivity contribution in [3.63, 3.8) is 0 Å². The molecule has 1 fully saturated rings. The summed E-state index contributed by atoms with van der Waals surface area (Å²) in [4.78, 5) is 0. The molecule has 13 heavy (non-hydrogen) atoms. The Morgan fingerprint density at radius 1 is 1.08 bits per heavy atom. The van der Waals surface area contributed by atoms with Crippen molar-refractivity contribution in [2.45, 2.75) is 45.0 Å². The highest BCUT2D eigenvalue weighted by atomic mass is 19.3. The lowest BCUT2D eigenvalue weighted by atomic mass is 9.80. The van der Waals surface area contributed by atoms with E-state index >= 15 is 0 Å². The minimum Gasteiger partial charge on any atom is -0.204 e. The average Bonchev–Trinajstić information content (AvgIpc) is 2.04. The average molecular weight is 198 g/mol. The third-order valence-corrected chi connectivity index (χ3v) is 2.85. The van der Waals surface area contributed by atoms with Gasteiger partial charge in [-0.15, -0.1) is 0 Å².